The summed E-state index contributed by atoms with van der Waals surface area (Å²) in [5.74, 6) is -0.185. The van der Waals surface area contributed by atoms with Crippen LogP contribution in [0.4, 0.5) is 5.00 Å². The molecule has 2 rings (SSSR count). The Morgan fingerprint density at radius 3 is 2.46 bits per heavy atom. The van der Waals surface area contributed by atoms with Gasteiger partial charge in [0.15, 0.2) is 5.11 Å². The molecule has 0 bridgehead atoms. The van der Waals surface area contributed by atoms with Gasteiger partial charge in [0.1, 0.15) is 10.8 Å². The van der Waals surface area contributed by atoms with Crippen molar-refractivity contribution >= 4 is 51.6 Å². The zero-order chi connectivity index (χ0) is 19.3. The van der Waals surface area contributed by atoms with E-state index in [2.05, 4.69) is 10.6 Å². The number of amides is 2. The molecule has 0 fully saturated rings. The van der Waals surface area contributed by atoms with Crippen LogP contribution in [0.2, 0.25) is 0 Å². The lowest BCUT2D eigenvalue weighted by Crippen LogP contribution is -2.33. The number of hydrogen-bond acceptors (Lipinski definition) is 5. The Kier molecular flexibility index (Phi) is 6.48. The molecular formula is C18H19N3O3S2. The molecule has 0 aliphatic rings. The van der Waals surface area contributed by atoms with Crippen LogP contribution in [0.5, 0.6) is 5.75 Å². The summed E-state index contributed by atoms with van der Waals surface area (Å²) in [6, 6.07) is 7.26. The van der Waals surface area contributed by atoms with Gasteiger partial charge in [-0.25, -0.2) is 0 Å². The second-order valence-corrected chi connectivity index (χ2v) is 7.03. The largest absolute Gasteiger partial charge is 0.497 e. The average Bonchev–Trinajstić information content (AvgIpc) is 2.87. The zero-order valence-corrected chi connectivity index (χ0v) is 16.2. The SMILES string of the molecule is COc1ccc(C=CC(=O)NC(=S)Nc2sc(C)c(C)c2C(N)=O)cc1. The van der Waals surface area contributed by atoms with Crippen LogP contribution in [0.25, 0.3) is 6.08 Å². The van der Waals surface area contributed by atoms with Crippen molar-refractivity contribution in [2.45, 2.75) is 13.8 Å². The number of hydrogen-bond donors (Lipinski definition) is 3. The molecule has 0 saturated carbocycles. The van der Waals surface area contributed by atoms with Crippen LogP contribution in [-0.2, 0) is 4.79 Å². The van der Waals surface area contributed by atoms with E-state index in [0.29, 0.717) is 10.6 Å². The van der Waals surface area contributed by atoms with Crippen LogP contribution in [-0.4, -0.2) is 24.0 Å². The maximum absolute atomic E-state index is 12.0. The highest BCUT2D eigenvalue weighted by Gasteiger charge is 2.18. The highest BCUT2D eigenvalue weighted by molar-refractivity contribution is 7.80. The van der Waals surface area contributed by atoms with E-state index >= 15 is 0 Å². The van der Waals surface area contributed by atoms with Gasteiger partial charge in [0.25, 0.3) is 5.91 Å². The molecule has 26 heavy (non-hydrogen) atoms. The number of nitrogens with one attached hydrogen (secondary N) is 2. The minimum absolute atomic E-state index is 0.0955. The fraction of sp³-hybridized carbons (Fsp3) is 0.167. The van der Waals surface area contributed by atoms with Crippen LogP contribution in [0.1, 0.15) is 26.4 Å². The van der Waals surface area contributed by atoms with Crippen LogP contribution >= 0.6 is 23.6 Å². The molecule has 1 aromatic heterocycles. The number of thiocarbonyl (C=S) groups is 1. The first-order valence-corrected chi connectivity index (χ1v) is 8.88. The quantitative estimate of drug-likeness (QED) is 0.540. The molecule has 6 nitrogen and oxygen atoms in total. The standard InChI is InChI=1S/C18H19N3O3S2/c1-10-11(2)26-17(15(10)16(19)23)21-18(25)20-14(22)9-6-12-4-7-13(24-3)8-5-12/h4-9H,1-3H3,(H2,19,23)(H2,20,21,22,25). The highest BCUT2D eigenvalue weighted by Crippen LogP contribution is 2.31. The van der Waals surface area contributed by atoms with E-state index in [4.69, 9.17) is 22.7 Å². The molecule has 2 aromatic rings. The number of nitrogens with two attached hydrogens (primary N) is 1. The molecule has 4 N–H and O–H groups in total. The zero-order valence-electron chi connectivity index (χ0n) is 14.6. The Morgan fingerprint density at radius 2 is 1.88 bits per heavy atom. The number of ether oxygens (including phenoxy) is 1. The van der Waals surface area contributed by atoms with E-state index in [1.165, 1.54) is 17.4 Å². The Bertz CT molecular complexity index is 871. The number of thiophene rings is 1. The normalized spacial score (nSPS) is 10.6. The number of benzene rings is 1. The number of anilines is 1. The molecule has 0 atom stereocenters. The van der Waals surface area contributed by atoms with E-state index in [1.54, 1.807) is 25.3 Å². The predicted molar refractivity (Wildman–Crippen MR) is 109 cm³/mol. The fourth-order valence-electron chi connectivity index (χ4n) is 2.19. The van der Waals surface area contributed by atoms with Crippen molar-refractivity contribution in [3.8, 4) is 5.75 Å². The third kappa shape index (κ3) is 4.90. The summed E-state index contributed by atoms with van der Waals surface area (Å²) >= 11 is 6.49. The van der Waals surface area contributed by atoms with Gasteiger partial charge >= 0.3 is 0 Å². The predicted octanol–water partition coefficient (Wildman–Crippen LogP) is 3.00. The number of aryl methyl sites for hydroxylation is 1. The van der Waals surface area contributed by atoms with Gasteiger partial charge in [-0.15, -0.1) is 11.3 Å². The summed E-state index contributed by atoms with van der Waals surface area (Å²) in [5.41, 5.74) is 7.45. The molecule has 1 aromatic carbocycles. The first kappa shape index (κ1) is 19.6. The minimum Gasteiger partial charge on any atom is -0.497 e. The number of rotatable bonds is 5. The van der Waals surface area contributed by atoms with Gasteiger partial charge in [-0.1, -0.05) is 12.1 Å². The van der Waals surface area contributed by atoms with Crippen LogP contribution in [0, 0.1) is 13.8 Å². The fourth-order valence-corrected chi connectivity index (χ4v) is 3.52. The molecule has 0 radical (unpaired) electrons. The summed E-state index contributed by atoms with van der Waals surface area (Å²) in [4.78, 5) is 24.5. The van der Waals surface area contributed by atoms with Gasteiger partial charge in [0.2, 0.25) is 5.91 Å². The number of carbonyl (C=O) groups excluding carboxylic acids is 2. The summed E-state index contributed by atoms with van der Waals surface area (Å²) in [6.45, 7) is 3.70. The topological polar surface area (TPSA) is 93.4 Å². The molecule has 136 valence electrons. The number of carbonyl (C=O) groups is 2. The Morgan fingerprint density at radius 1 is 1.23 bits per heavy atom. The van der Waals surface area contributed by atoms with Crippen molar-refractivity contribution in [1.82, 2.24) is 5.32 Å². The number of primary amides is 1. The van der Waals surface area contributed by atoms with E-state index in [9.17, 15) is 9.59 Å². The Balaban J connectivity index is 1.99. The minimum atomic E-state index is -0.539. The molecular weight excluding hydrogens is 370 g/mol. The number of methoxy groups -OCH3 is 1. The molecule has 0 aliphatic carbocycles. The lowest BCUT2D eigenvalue weighted by atomic mass is 10.1. The molecule has 1 heterocycles. The first-order valence-electron chi connectivity index (χ1n) is 7.65. The molecule has 8 heteroatoms. The van der Waals surface area contributed by atoms with Crippen LogP contribution in [0.3, 0.4) is 0 Å². The van der Waals surface area contributed by atoms with E-state index < -0.39 is 5.91 Å². The first-order chi connectivity index (χ1) is 12.3. The van der Waals surface area contributed by atoms with Crippen LogP contribution < -0.4 is 21.1 Å². The van der Waals surface area contributed by atoms with Gasteiger partial charge in [-0.2, -0.15) is 0 Å². The van der Waals surface area contributed by atoms with Gasteiger partial charge in [0.05, 0.1) is 12.7 Å². The summed E-state index contributed by atoms with van der Waals surface area (Å²) in [7, 11) is 1.59. The van der Waals surface area contributed by atoms with E-state index in [1.807, 2.05) is 26.0 Å². The molecule has 0 aliphatic heterocycles. The third-order valence-electron chi connectivity index (χ3n) is 3.64. The Hall–Kier alpha value is -2.71. The van der Waals surface area contributed by atoms with E-state index in [0.717, 1.165) is 21.8 Å². The average molecular weight is 390 g/mol. The van der Waals surface area contributed by atoms with E-state index in [-0.39, 0.29) is 11.0 Å². The maximum Gasteiger partial charge on any atom is 0.251 e. The van der Waals surface area contributed by atoms with Crippen molar-refractivity contribution in [1.29, 1.82) is 0 Å². The monoisotopic (exact) mass is 389 g/mol. The third-order valence-corrected chi connectivity index (χ3v) is 4.97. The van der Waals surface area contributed by atoms with Crippen molar-refractivity contribution in [2.75, 3.05) is 12.4 Å². The summed E-state index contributed by atoms with van der Waals surface area (Å²) < 4.78 is 5.08. The molecule has 0 spiro atoms. The second kappa shape index (κ2) is 8.59. The molecule has 2 amide bonds. The van der Waals surface area contributed by atoms with Gasteiger partial charge in [0, 0.05) is 11.0 Å². The van der Waals surface area contributed by atoms with Crippen LogP contribution in [0.15, 0.2) is 30.3 Å². The highest BCUT2D eigenvalue weighted by atomic mass is 32.1. The lowest BCUT2D eigenvalue weighted by molar-refractivity contribution is -0.115. The van der Waals surface area contributed by atoms with Crippen molar-refractivity contribution in [2.24, 2.45) is 5.73 Å². The summed E-state index contributed by atoms with van der Waals surface area (Å²) in [5, 5.41) is 6.03. The van der Waals surface area contributed by atoms with Crippen molar-refractivity contribution in [3.63, 3.8) is 0 Å². The van der Waals surface area contributed by atoms with Crippen molar-refractivity contribution < 1.29 is 14.3 Å². The van der Waals surface area contributed by atoms with Gasteiger partial charge in [-0.3, -0.25) is 14.9 Å². The second-order valence-electron chi connectivity index (χ2n) is 5.40. The lowest BCUT2D eigenvalue weighted by Gasteiger charge is -2.08. The Labute approximate surface area is 161 Å². The molecule has 0 saturated heterocycles. The summed E-state index contributed by atoms with van der Waals surface area (Å²) in [6.07, 6.45) is 3.03. The smallest absolute Gasteiger partial charge is 0.251 e. The van der Waals surface area contributed by atoms with Gasteiger partial charge in [-0.05, 0) is 55.4 Å². The maximum atomic E-state index is 12.0. The van der Waals surface area contributed by atoms with Crippen molar-refractivity contribution in [3.05, 3.63) is 51.9 Å². The molecule has 0 unspecified atom stereocenters. The van der Waals surface area contributed by atoms with Gasteiger partial charge < -0.3 is 15.8 Å².